The van der Waals surface area contributed by atoms with Crippen LogP contribution in [0, 0.1) is 6.92 Å². The smallest absolute Gasteiger partial charge is 0.143 e. The molecule has 0 bridgehead atoms. The maximum Gasteiger partial charge on any atom is 0.143 e. The largest absolute Gasteiger partial charge is 0.495 e. The Morgan fingerprint density at radius 2 is 2.20 bits per heavy atom. The summed E-state index contributed by atoms with van der Waals surface area (Å²) in [6.45, 7) is 1.94. The molecule has 0 radical (unpaired) electrons. The minimum atomic E-state index is 0.604. The van der Waals surface area contributed by atoms with Gasteiger partial charge in [-0.2, -0.15) is 0 Å². The Balaban J connectivity index is 2.57. The lowest BCUT2D eigenvalue weighted by Gasteiger charge is -2.09. The first-order valence-corrected chi connectivity index (χ1v) is 4.40. The van der Waals surface area contributed by atoms with Gasteiger partial charge < -0.3 is 10.5 Å². The van der Waals surface area contributed by atoms with E-state index in [1.807, 2.05) is 13.0 Å². The summed E-state index contributed by atoms with van der Waals surface area (Å²) in [6, 6.07) is 3.64. The highest BCUT2D eigenvalue weighted by Crippen LogP contribution is 2.26. The Labute approximate surface area is 86.7 Å². The SMILES string of the molecule is COc1cc(-n2cnnn2)c(C)cc1N. The van der Waals surface area contributed by atoms with Gasteiger partial charge in [-0.1, -0.05) is 0 Å². The Morgan fingerprint density at radius 1 is 1.40 bits per heavy atom. The maximum atomic E-state index is 5.77. The Bertz CT molecular complexity index is 466. The molecular formula is C9H11N5O. The van der Waals surface area contributed by atoms with Crippen LogP contribution in [-0.4, -0.2) is 27.3 Å². The second-order valence-electron chi connectivity index (χ2n) is 3.14. The van der Waals surface area contributed by atoms with Gasteiger partial charge >= 0.3 is 0 Å². The van der Waals surface area contributed by atoms with E-state index in [9.17, 15) is 0 Å². The molecule has 0 amide bonds. The van der Waals surface area contributed by atoms with Crippen molar-refractivity contribution in [2.75, 3.05) is 12.8 Å². The minimum Gasteiger partial charge on any atom is -0.495 e. The van der Waals surface area contributed by atoms with E-state index in [4.69, 9.17) is 10.5 Å². The van der Waals surface area contributed by atoms with E-state index in [0.29, 0.717) is 11.4 Å². The van der Waals surface area contributed by atoms with Crippen molar-refractivity contribution in [2.24, 2.45) is 0 Å². The number of hydrogen-bond donors (Lipinski definition) is 1. The molecule has 2 rings (SSSR count). The van der Waals surface area contributed by atoms with Crippen LogP contribution in [0.3, 0.4) is 0 Å². The van der Waals surface area contributed by atoms with Gasteiger partial charge in [0.15, 0.2) is 0 Å². The maximum absolute atomic E-state index is 5.77. The average Bonchev–Trinajstić information content (AvgIpc) is 2.71. The van der Waals surface area contributed by atoms with Crippen LogP contribution in [0.15, 0.2) is 18.5 Å². The predicted octanol–water partition coefficient (Wildman–Crippen LogP) is 0.562. The molecular weight excluding hydrogens is 194 g/mol. The van der Waals surface area contributed by atoms with Gasteiger partial charge in [-0.15, -0.1) is 5.10 Å². The number of nitrogen functional groups attached to an aromatic ring is 1. The van der Waals surface area contributed by atoms with Crippen LogP contribution in [0.1, 0.15) is 5.56 Å². The molecule has 6 nitrogen and oxygen atoms in total. The first kappa shape index (κ1) is 9.45. The fourth-order valence-corrected chi connectivity index (χ4v) is 1.39. The van der Waals surface area contributed by atoms with E-state index in [0.717, 1.165) is 11.3 Å². The highest BCUT2D eigenvalue weighted by molar-refractivity contribution is 5.60. The number of nitrogens with two attached hydrogens (primary N) is 1. The Hall–Kier alpha value is -2.11. The molecule has 0 saturated carbocycles. The molecule has 78 valence electrons. The van der Waals surface area contributed by atoms with Gasteiger partial charge in [0.05, 0.1) is 18.5 Å². The first-order chi connectivity index (χ1) is 7.22. The van der Waals surface area contributed by atoms with E-state index in [1.54, 1.807) is 17.9 Å². The quantitative estimate of drug-likeness (QED) is 0.725. The fourth-order valence-electron chi connectivity index (χ4n) is 1.39. The third-order valence-corrected chi connectivity index (χ3v) is 2.14. The zero-order valence-corrected chi connectivity index (χ0v) is 8.51. The molecule has 0 unspecified atom stereocenters. The summed E-state index contributed by atoms with van der Waals surface area (Å²) >= 11 is 0. The number of methoxy groups -OCH3 is 1. The number of aromatic nitrogens is 4. The summed E-state index contributed by atoms with van der Waals surface area (Å²) in [4.78, 5) is 0. The monoisotopic (exact) mass is 205 g/mol. The van der Waals surface area contributed by atoms with Gasteiger partial charge in [0.2, 0.25) is 0 Å². The third kappa shape index (κ3) is 1.61. The molecule has 1 aromatic carbocycles. The van der Waals surface area contributed by atoms with Gasteiger partial charge in [-0.3, -0.25) is 0 Å². The average molecular weight is 205 g/mol. The van der Waals surface area contributed by atoms with Crippen LogP contribution in [0.25, 0.3) is 5.69 Å². The lowest BCUT2D eigenvalue weighted by atomic mass is 10.1. The first-order valence-electron chi connectivity index (χ1n) is 4.40. The number of tetrazole rings is 1. The fraction of sp³-hybridized carbons (Fsp3) is 0.222. The van der Waals surface area contributed by atoms with Crippen molar-refractivity contribution < 1.29 is 4.74 Å². The van der Waals surface area contributed by atoms with Crippen LogP contribution < -0.4 is 10.5 Å². The standard InChI is InChI=1S/C9H11N5O/c1-6-3-7(10)9(15-2)4-8(6)14-5-11-12-13-14/h3-5H,10H2,1-2H3. The van der Waals surface area contributed by atoms with Crippen LogP contribution in [-0.2, 0) is 0 Å². The Kier molecular flexibility index (Phi) is 2.24. The highest BCUT2D eigenvalue weighted by atomic mass is 16.5. The van der Waals surface area contributed by atoms with Crippen molar-refractivity contribution in [3.05, 3.63) is 24.0 Å². The number of nitrogens with zero attached hydrogens (tertiary/aromatic N) is 4. The molecule has 0 spiro atoms. The number of rotatable bonds is 2. The molecule has 0 saturated heterocycles. The molecule has 1 aromatic heterocycles. The number of ether oxygens (including phenoxy) is 1. The van der Waals surface area contributed by atoms with Gasteiger partial charge in [0.25, 0.3) is 0 Å². The van der Waals surface area contributed by atoms with Gasteiger partial charge in [0.1, 0.15) is 12.1 Å². The molecule has 0 atom stereocenters. The molecule has 6 heteroatoms. The van der Waals surface area contributed by atoms with E-state index >= 15 is 0 Å². The van der Waals surface area contributed by atoms with Gasteiger partial charge in [-0.05, 0) is 29.0 Å². The van der Waals surface area contributed by atoms with Crippen LogP contribution in [0.2, 0.25) is 0 Å². The third-order valence-electron chi connectivity index (χ3n) is 2.14. The topological polar surface area (TPSA) is 78.8 Å². The van der Waals surface area contributed by atoms with Gasteiger partial charge in [0, 0.05) is 6.07 Å². The zero-order chi connectivity index (χ0) is 10.8. The van der Waals surface area contributed by atoms with E-state index in [-0.39, 0.29) is 0 Å². The van der Waals surface area contributed by atoms with Crippen molar-refractivity contribution in [3.63, 3.8) is 0 Å². The summed E-state index contributed by atoms with van der Waals surface area (Å²) in [5, 5.41) is 11.0. The highest BCUT2D eigenvalue weighted by Gasteiger charge is 2.07. The number of anilines is 1. The van der Waals surface area contributed by atoms with E-state index in [1.165, 1.54) is 6.33 Å². The number of benzene rings is 1. The molecule has 2 N–H and O–H groups in total. The normalized spacial score (nSPS) is 10.3. The molecule has 0 fully saturated rings. The summed E-state index contributed by atoms with van der Waals surface area (Å²) in [6.07, 6.45) is 1.53. The van der Waals surface area contributed by atoms with Crippen molar-refractivity contribution >= 4 is 5.69 Å². The second-order valence-corrected chi connectivity index (χ2v) is 3.14. The second kappa shape index (κ2) is 3.56. The molecule has 1 heterocycles. The summed E-state index contributed by atoms with van der Waals surface area (Å²) in [5.41, 5.74) is 8.21. The van der Waals surface area contributed by atoms with Crippen molar-refractivity contribution in [1.82, 2.24) is 20.2 Å². The molecule has 0 aliphatic carbocycles. The lowest BCUT2D eigenvalue weighted by molar-refractivity contribution is 0.416. The van der Waals surface area contributed by atoms with Crippen LogP contribution in [0.4, 0.5) is 5.69 Å². The predicted molar refractivity (Wildman–Crippen MR) is 54.9 cm³/mol. The van der Waals surface area contributed by atoms with Crippen LogP contribution >= 0.6 is 0 Å². The Morgan fingerprint density at radius 3 is 2.80 bits per heavy atom. The molecule has 0 aliphatic heterocycles. The minimum absolute atomic E-state index is 0.604. The van der Waals surface area contributed by atoms with Crippen LogP contribution in [0.5, 0.6) is 5.75 Å². The van der Waals surface area contributed by atoms with E-state index < -0.39 is 0 Å². The van der Waals surface area contributed by atoms with Crippen molar-refractivity contribution in [1.29, 1.82) is 0 Å². The summed E-state index contributed by atoms with van der Waals surface area (Å²) < 4.78 is 6.70. The molecule has 15 heavy (non-hydrogen) atoms. The number of aryl methyl sites for hydroxylation is 1. The zero-order valence-electron chi connectivity index (χ0n) is 8.51. The van der Waals surface area contributed by atoms with Gasteiger partial charge in [-0.25, -0.2) is 4.68 Å². The molecule has 2 aromatic rings. The summed E-state index contributed by atoms with van der Waals surface area (Å²) in [7, 11) is 1.57. The van der Waals surface area contributed by atoms with Crippen molar-refractivity contribution in [2.45, 2.75) is 6.92 Å². The lowest BCUT2D eigenvalue weighted by Crippen LogP contribution is -2.01. The van der Waals surface area contributed by atoms with E-state index in [2.05, 4.69) is 15.5 Å². The number of hydrogen-bond acceptors (Lipinski definition) is 5. The summed E-state index contributed by atoms with van der Waals surface area (Å²) in [5.74, 6) is 0.617. The van der Waals surface area contributed by atoms with Crippen molar-refractivity contribution in [3.8, 4) is 11.4 Å². The molecule has 0 aliphatic rings.